The Hall–Kier alpha value is -1.99. The number of hydrogen-bond donors (Lipinski definition) is 1. The van der Waals surface area contributed by atoms with Crippen molar-refractivity contribution in [1.82, 2.24) is 9.55 Å². The number of carbonyl (C=O) groups excluding carboxylic acids is 1. The minimum absolute atomic E-state index is 0.0489. The van der Waals surface area contributed by atoms with Crippen molar-refractivity contribution in [3.63, 3.8) is 0 Å². The van der Waals surface area contributed by atoms with Gasteiger partial charge in [0.15, 0.2) is 5.16 Å². The number of methoxy groups -OCH3 is 1. The molecule has 3 rings (SSSR count). The quantitative estimate of drug-likeness (QED) is 0.730. The SMILES string of the molecule is COc1ccc(NC(=O)C(C)Sc2nc(C)c(C)n2CC2CCCO2)cc1. The summed E-state index contributed by atoms with van der Waals surface area (Å²) in [5.74, 6) is 0.713. The van der Waals surface area contributed by atoms with E-state index < -0.39 is 0 Å². The maximum atomic E-state index is 12.6. The molecule has 1 aromatic carbocycles. The van der Waals surface area contributed by atoms with Crippen LogP contribution in [0.25, 0.3) is 0 Å². The Labute approximate surface area is 164 Å². The van der Waals surface area contributed by atoms with Crippen LogP contribution in [0.3, 0.4) is 0 Å². The molecule has 1 aromatic heterocycles. The Kier molecular flexibility index (Phi) is 6.44. The smallest absolute Gasteiger partial charge is 0.237 e. The topological polar surface area (TPSA) is 65.4 Å². The molecule has 1 saturated heterocycles. The summed E-state index contributed by atoms with van der Waals surface area (Å²) in [5, 5.41) is 3.56. The molecule has 1 aliphatic rings. The third-order valence-corrected chi connectivity index (χ3v) is 5.93. The van der Waals surface area contributed by atoms with Crippen molar-refractivity contribution in [3.05, 3.63) is 35.7 Å². The van der Waals surface area contributed by atoms with E-state index >= 15 is 0 Å². The molecule has 2 heterocycles. The predicted molar refractivity (Wildman–Crippen MR) is 108 cm³/mol. The van der Waals surface area contributed by atoms with Crippen LogP contribution in [0.1, 0.15) is 31.2 Å². The second kappa shape index (κ2) is 8.80. The number of benzene rings is 1. The van der Waals surface area contributed by atoms with Crippen LogP contribution in [0.5, 0.6) is 5.75 Å². The monoisotopic (exact) mass is 389 g/mol. The summed E-state index contributed by atoms with van der Waals surface area (Å²) in [6.07, 6.45) is 2.43. The normalized spacial score (nSPS) is 17.7. The lowest BCUT2D eigenvalue weighted by Gasteiger charge is -2.16. The van der Waals surface area contributed by atoms with Gasteiger partial charge in [0.2, 0.25) is 5.91 Å². The molecule has 0 saturated carbocycles. The molecule has 2 atom stereocenters. The number of imidazole rings is 1. The number of aromatic nitrogens is 2. The van der Waals surface area contributed by atoms with Crippen molar-refractivity contribution in [1.29, 1.82) is 0 Å². The Morgan fingerprint density at radius 3 is 2.78 bits per heavy atom. The molecule has 6 nitrogen and oxygen atoms in total. The second-order valence-corrected chi connectivity index (χ2v) is 8.10. The molecule has 0 aliphatic carbocycles. The highest BCUT2D eigenvalue weighted by Crippen LogP contribution is 2.28. The van der Waals surface area contributed by atoms with Gasteiger partial charge >= 0.3 is 0 Å². The van der Waals surface area contributed by atoms with Crippen LogP contribution < -0.4 is 10.1 Å². The number of nitrogens with one attached hydrogen (secondary N) is 1. The highest BCUT2D eigenvalue weighted by molar-refractivity contribution is 8.00. The molecule has 7 heteroatoms. The summed E-state index contributed by atoms with van der Waals surface area (Å²) < 4.78 is 13.1. The average molecular weight is 390 g/mol. The largest absolute Gasteiger partial charge is 0.497 e. The molecule has 1 amide bonds. The van der Waals surface area contributed by atoms with E-state index in [1.807, 2.05) is 38.1 Å². The molecular weight excluding hydrogens is 362 g/mol. The van der Waals surface area contributed by atoms with Gasteiger partial charge in [0, 0.05) is 18.0 Å². The first kappa shape index (κ1) is 19.8. The van der Waals surface area contributed by atoms with Crippen molar-refractivity contribution in [2.45, 2.75) is 56.7 Å². The van der Waals surface area contributed by atoms with E-state index in [-0.39, 0.29) is 17.3 Å². The number of ether oxygens (including phenoxy) is 2. The number of carbonyl (C=O) groups is 1. The molecule has 1 N–H and O–H groups in total. The molecule has 27 heavy (non-hydrogen) atoms. The van der Waals surface area contributed by atoms with Crippen molar-refractivity contribution < 1.29 is 14.3 Å². The van der Waals surface area contributed by atoms with E-state index in [1.54, 1.807) is 7.11 Å². The number of amides is 1. The van der Waals surface area contributed by atoms with Gasteiger partial charge in [0.05, 0.1) is 30.7 Å². The Bertz CT molecular complexity index is 783. The van der Waals surface area contributed by atoms with Crippen LogP contribution in [-0.4, -0.2) is 40.5 Å². The fourth-order valence-electron chi connectivity index (χ4n) is 3.05. The maximum absolute atomic E-state index is 12.6. The first-order chi connectivity index (χ1) is 13.0. The average Bonchev–Trinajstić information content (AvgIpc) is 3.26. The minimum atomic E-state index is -0.267. The van der Waals surface area contributed by atoms with E-state index in [0.29, 0.717) is 0 Å². The third kappa shape index (κ3) is 4.84. The zero-order valence-corrected chi connectivity index (χ0v) is 17.1. The Balaban J connectivity index is 1.66. The van der Waals surface area contributed by atoms with Gasteiger partial charge in [-0.2, -0.15) is 0 Å². The first-order valence-electron chi connectivity index (χ1n) is 9.25. The van der Waals surface area contributed by atoms with Crippen LogP contribution in [-0.2, 0) is 16.1 Å². The fraction of sp³-hybridized carbons (Fsp3) is 0.500. The van der Waals surface area contributed by atoms with E-state index in [4.69, 9.17) is 9.47 Å². The predicted octanol–water partition coefficient (Wildman–Crippen LogP) is 3.81. The van der Waals surface area contributed by atoms with Crippen molar-refractivity contribution in [3.8, 4) is 5.75 Å². The van der Waals surface area contributed by atoms with E-state index in [9.17, 15) is 4.79 Å². The van der Waals surface area contributed by atoms with Gasteiger partial charge in [-0.25, -0.2) is 4.98 Å². The van der Waals surface area contributed by atoms with Crippen LogP contribution in [0.15, 0.2) is 29.4 Å². The van der Waals surface area contributed by atoms with Crippen LogP contribution in [0.2, 0.25) is 0 Å². The first-order valence-corrected chi connectivity index (χ1v) is 10.1. The number of hydrogen-bond acceptors (Lipinski definition) is 5. The van der Waals surface area contributed by atoms with Gasteiger partial charge in [-0.15, -0.1) is 0 Å². The molecule has 2 aromatic rings. The summed E-state index contributed by atoms with van der Waals surface area (Å²) in [6, 6.07) is 7.32. The summed E-state index contributed by atoms with van der Waals surface area (Å²) in [6.45, 7) is 7.61. The Morgan fingerprint density at radius 1 is 1.41 bits per heavy atom. The lowest BCUT2D eigenvalue weighted by Crippen LogP contribution is -2.23. The number of aryl methyl sites for hydroxylation is 1. The molecule has 0 bridgehead atoms. The lowest BCUT2D eigenvalue weighted by molar-refractivity contribution is -0.115. The molecular formula is C20H27N3O3S. The van der Waals surface area contributed by atoms with Crippen molar-refractivity contribution >= 4 is 23.4 Å². The number of nitrogens with zero attached hydrogens (tertiary/aromatic N) is 2. The van der Waals surface area contributed by atoms with Crippen molar-refractivity contribution in [2.24, 2.45) is 0 Å². The van der Waals surface area contributed by atoms with E-state index in [0.717, 1.165) is 54.0 Å². The summed E-state index contributed by atoms with van der Waals surface area (Å²) in [7, 11) is 1.62. The summed E-state index contributed by atoms with van der Waals surface area (Å²) in [5.41, 5.74) is 2.89. The van der Waals surface area contributed by atoms with Gasteiger partial charge in [0.25, 0.3) is 0 Å². The van der Waals surface area contributed by atoms with Gasteiger partial charge in [-0.1, -0.05) is 11.8 Å². The maximum Gasteiger partial charge on any atom is 0.237 e. The molecule has 1 fully saturated rings. The molecule has 146 valence electrons. The zero-order chi connectivity index (χ0) is 19.4. The molecule has 2 unspecified atom stereocenters. The number of rotatable bonds is 7. The van der Waals surface area contributed by atoms with Gasteiger partial charge in [-0.05, 0) is 57.9 Å². The highest BCUT2D eigenvalue weighted by atomic mass is 32.2. The third-order valence-electron chi connectivity index (χ3n) is 4.84. The lowest BCUT2D eigenvalue weighted by atomic mass is 10.2. The van der Waals surface area contributed by atoms with E-state index in [2.05, 4.69) is 21.8 Å². The molecule has 1 aliphatic heterocycles. The standard InChI is InChI=1S/C20H27N3O3S/c1-13-14(2)23(12-18-6-5-11-26-18)20(21-13)27-15(3)19(24)22-16-7-9-17(25-4)10-8-16/h7-10,15,18H,5-6,11-12H2,1-4H3,(H,22,24). The van der Waals surface area contributed by atoms with Crippen molar-refractivity contribution in [2.75, 3.05) is 19.0 Å². The fourth-order valence-corrected chi connectivity index (χ4v) is 4.06. The number of thioether (sulfide) groups is 1. The van der Waals surface area contributed by atoms with Crippen LogP contribution >= 0.6 is 11.8 Å². The van der Waals surface area contributed by atoms with Gasteiger partial charge in [-0.3, -0.25) is 4.79 Å². The summed E-state index contributed by atoms with van der Waals surface area (Å²) >= 11 is 1.48. The number of anilines is 1. The second-order valence-electron chi connectivity index (χ2n) is 6.79. The Morgan fingerprint density at radius 2 is 2.15 bits per heavy atom. The highest BCUT2D eigenvalue weighted by Gasteiger charge is 2.23. The van der Waals surface area contributed by atoms with Crippen LogP contribution in [0.4, 0.5) is 5.69 Å². The minimum Gasteiger partial charge on any atom is -0.497 e. The molecule has 0 spiro atoms. The zero-order valence-electron chi connectivity index (χ0n) is 16.3. The summed E-state index contributed by atoms with van der Waals surface area (Å²) in [4.78, 5) is 17.3. The van der Waals surface area contributed by atoms with Gasteiger partial charge in [0.1, 0.15) is 5.75 Å². The van der Waals surface area contributed by atoms with E-state index in [1.165, 1.54) is 11.8 Å². The van der Waals surface area contributed by atoms with Gasteiger partial charge < -0.3 is 19.4 Å². The van der Waals surface area contributed by atoms with Crippen LogP contribution in [0, 0.1) is 13.8 Å². The molecule has 0 radical (unpaired) electrons.